The molecule has 0 spiro atoms. The van der Waals surface area contributed by atoms with Crippen LogP contribution in [0.4, 0.5) is 0 Å². The van der Waals surface area contributed by atoms with E-state index in [4.69, 9.17) is 10.2 Å². The van der Waals surface area contributed by atoms with Gasteiger partial charge in [0.05, 0.1) is 17.1 Å². The van der Waals surface area contributed by atoms with Gasteiger partial charge in [-0.2, -0.15) is 0 Å². The van der Waals surface area contributed by atoms with Gasteiger partial charge in [-0.15, -0.1) is 0 Å². The molecule has 3 rings (SSSR count). The van der Waals surface area contributed by atoms with Crippen molar-refractivity contribution in [3.8, 4) is 0 Å². The van der Waals surface area contributed by atoms with Crippen LogP contribution >= 0.6 is 15.9 Å². The third kappa shape index (κ3) is 2.13. The lowest BCUT2D eigenvalue weighted by molar-refractivity contribution is 0.466. The summed E-state index contributed by atoms with van der Waals surface area (Å²) in [7, 11) is 0. The van der Waals surface area contributed by atoms with Gasteiger partial charge in [-0.05, 0) is 36.8 Å². The zero-order chi connectivity index (χ0) is 13.6. The second-order valence-corrected chi connectivity index (χ2v) is 5.28. The van der Waals surface area contributed by atoms with Gasteiger partial charge in [-0.25, -0.2) is 4.79 Å². The van der Waals surface area contributed by atoms with Gasteiger partial charge in [-0.1, -0.05) is 15.9 Å². The van der Waals surface area contributed by atoms with Crippen LogP contribution in [0.1, 0.15) is 23.1 Å². The van der Waals surface area contributed by atoms with Crippen LogP contribution in [0.2, 0.25) is 0 Å². The fourth-order valence-corrected chi connectivity index (χ4v) is 2.67. The molecule has 0 aliphatic heterocycles. The molecule has 1 atom stereocenters. The summed E-state index contributed by atoms with van der Waals surface area (Å²) in [4.78, 5) is 16.7. The lowest BCUT2D eigenvalue weighted by atomic mass is 10.0. The molecule has 0 fully saturated rings. The SMILES string of the molecule is Cc1ccc(C(N)c2cc3[nH]c(=O)[nH]c3cc2Br)o1. The van der Waals surface area contributed by atoms with Gasteiger partial charge in [0.15, 0.2) is 0 Å². The van der Waals surface area contributed by atoms with E-state index in [1.54, 1.807) is 0 Å². The van der Waals surface area contributed by atoms with Crippen molar-refractivity contribution in [1.29, 1.82) is 0 Å². The molecule has 0 radical (unpaired) electrons. The Morgan fingerprint density at radius 3 is 2.58 bits per heavy atom. The predicted molar refractivity (Wildman–Crippen MR) is 76.1 cm³/mol. The Kier molecular flexibility index (Phi) is 2.83. The van der Waals surface area contributed by atoms with Gasteiger partial charge < -0.3 is 20.1 Å². The number of imidazole rings is 1. The Morgan fingerprint density at radius 2 is 1.95 bits per heavy atom. The van der Waals surface area contributed by atoms with Gasteiger partial charge in [0.2, 0.25) is 0 Å². The number of fused-ring (bicyclic) bond motifs is 1. The molecule has 0 saturated heterocycles. The van der Waals surface area contributed by atoms with Gasteiger partial charge in [-0.3, -0.25) is 0 Å². The predicted octanol–water partition coefficient (Wildman–Crippen LogP) is 2.57. The molecule has 1 unspecified atom stereocenters. The van der Waals surface area contributed by atoms with Crippen LogP contribution in [0.25, 0.3) is 11.0 Å². The Hall–Kier alpha value is -1.79. The van der Waals surface area contributed by atoms with Crippen molar-refractivity contribution in [1.82, 2.24) is 9.97 Å². The standard InChI is InChI=1S/C13H12BrN3O2/c1-6-2-3-11(19-6)12(15)7-4-9-10(5-8(7)14)17-13(18)16-9/h2-5,12H,15H2,1H3,(H2,16,17,18). The maximum absolute atomic E-state index is 11.3. The zero-order valence-electron chi connectivity index (χ0n) is 10.2. The smallest absolute Gasteiger partial charge is 0.323 e. The van der Waals surface area contributed by atoms with Crippen LogP contribution in [0, 0.1) is 6.92 Å². The minimum absolute atomic E-state index is 0.235. The summed E-state index contributed by atoms with van der Waals surface area (Å²) in [6.07, 6.45) is 0. The molecular formula is C13H12BrN3O2. The molecule has 2 heterocycles. The molecule has 1 aromatic carbocycles. The number of hydrogen-bond donors (Lipinski definition) is 3. The molecule has 0 bridgehead atoms. The molecule has 4 N–H and O–H groups in total. The molecule has 0 aliphatic rings. The van der Waals surface area contributed by atoms with Crippen molar-refractivity contribution < 1.29 is 4.42 Å². The number of rotatable bonds is 2. The molecule has 2 aromatic heterocycles. The van der Waals surface area contributed by atoms with E-state index >= 15 is 0 Å². The molecule has 3 aromatic rings. The van der Waals surface area contributed by atoms with Crippen LogP contribution in [-0.2, 0) is 0 Å². The lowest BCUT2D eigenvalue weighted by Gasteiger charge is -2.11. The average molecular weight is 322 g/mol. The third-order valence-corrected chi connectivity index (χ3v) is 3.72. The number of hydrogen-bond acceptors (Lipinski definition) is 3. The van der Waals surface area contributed by atoms with Crippen LogP contribution in [0.3, 0.4) is 0 Å². The third-order valence-electron chi connectivity index (χ3n) is 3.04. The Morgan fingerprint density at radius 1 is 1.26 bits per heavy atom. The van der Waals surface area contributed by atoms with E-state index in [1.165, 1.54) is 0 Å². The summed E-state index contributed by atoms with van der Waals surface area (Å²) >= 11 is 3.47. The quantitative estimate of drug-likeness (QED) is 0.677. The molecule has 0 saturated carbocycles. The van der Waals surface area contributed by atoms with E-state index in [-0.39, 0.29) is 11.7 Å². The Bertz CT molecular complexity index is 800. The Balaban J connectivity index is 2.13. The normalized spacial score (nSPS) is 13.0. The number of nitrogens with two attached hydrogens (primary N) is 1. The fraction of sp³-hybridized carbons (Fsp3) is 0.154. The Labute approximate surface area is 116 Å². The number of furan rings is 1. The van der Waals surface area contributed by atoms with Crippen molar-refractivity contribution in [2.24, 2.45) is 5.73 Å². The minimum atomic E-state index is -0.383. The lowest BCUT2D eigenvalue weighted by Crippen LogP contribution is -2.11. The highest BCUT2D eigenvalue weighted by Crippen LogP contribution is 2.30. The maximum Gasteiger partial charge on any atom is 0.323 e. The maximum atomic E-state index is 11.3. The van der Waals surface area contributed by atoms with Gasteiger partial charge in [0.25, 0.3) is 0 Å². The fourth-order valence-electron chi connectivity index (χ4n) is 2.08. The molecular weight excluding hydrogens is 310 g/mol. The van der Waals surface area contributed by atoms with E-state index in [0.29, 0.717) is 5.76 Å². The first kappa shape index (κ1) is 12.3. The number of H-pyrrole nitrogens is 2. The van der Waals surface area contributed by atoms with Gasteiger partial charge in [0.1, 0.15) is 11.5 Å². The summed E-state index contributed by atoms with van der Waals surface area (Å²) in [5.41, 5.74) is 8.29. The summed E-state index contributed by atoms with van der Waals surface area (Å²) in [6, 6.07) is 7.03. The number of nitrogens with one attached hydrogen (secondary N) is 2. The van der Waals surface area contributed by atoms with E-state index in [0.717, 1.165) is 26.8 Å². The van der Waals surface area contributed by atoms with Crippen LogP contribution in [0.5, 0.6) is 0 Å². The van der Waals surface area contributed by atoms with Gasteiger partial charge >= 0.3 is 5.69 Å². The molecule has 0 aliphatic carbocycles. The largest absolute Gasteiger partial charge is 0.464 e. The first-order valence-electron chi connectivity index (χ1n) is 5.78. The summed E-state index contributed by atoms with van der Waals surface area (Å²) in [5, 5.41) is 0. The highest BCUT2D eigenvalue weighted by Gasteiger charge is 2.17. The zero-order valence-corrected chi connectivity index (χ0v) is 11.7. The number of aromatic nitrogens is 2. The highest BCUT2D eigenvalue weighted by molar-refractivity contribution is 9.10. The molecule has 19 heavy (non-hydrogen) atoms. The molecule has 0 amide bonds. The summed E-state index contributed by atoms with van der Waals surface area (Å²) < 4.78 is 6.38. The molecule has 6 heteroatoms. The van der Waals surface area contributed by atoms with Crippen molar-refractivity contribution in [3.05, 3.63) is 56.3 Å². The van der Waals surface area contributed by atoms with Crippen molar-refractivity contribution in [3.63, 3.8) is 0 Å². The van der Waals surface area contributed by atoms with Crippen LogP contribution < -0.4 is 11.4 Å². The topological polar surface area (TPSA) is 87.8 Å². The second-order valence-electron chi connectivity index (χ2n) is 4.42. The van der Waals surface area contributed by atoms with E-state index in [1.807, 2.05) is 31.2 Å². The van der Waals surface area contributed by atoms with Crippen LogP contribution in [-0.4, -0.2) is 9.97 Å². The first-order valence-corrected chi connectivity index (χ1v) is 6.57. The van der Waals surface area contributed by atoms with E-state index < -0.39 is 0 Å². The monoisotopic (exact) mass is 321 g/mol. The average Bonchev–Trinajstić information content (AvgIpc) is 2.92. The van der Waals surface area contributed by atoms with Crippen molar-refractivity contribution >= 4 is 27.0 Å². The first-order chi connectivity index (χ1) is 9.04. The summed E-state index contributed by atoms with van der Waals surface area (Å²) in [5.74, 6) is 1.51. The highest BCUT2D eigenvalue weighted by atomic mass is 79.9. The number of aryl methyl sites for hydroxylation is 1. The molecule has 98 valence electrons. The minimum Gasteiger partial charge on any atom is -0.464 e. The number of aromatic amines is 2. The van der Waals surface area contributed by atoms with Crippen molar-refractivity contribution in [2.45, 2.75) is 13.0 Å². The van der Waals surface area contributed by atoms with Gasteiger partial charge in [0, 0.05) is 4.47 Å². The molecule has 5 nitrogen and oxygen atoms in total. The number of halogens is 1. The van der Waals surface area contributed by atoms with E-state index in [9.17, 15) is 4.79 Å². The second kappa shape index (κ2) is 4.40. The van der Waals surface area contributed by atoms with Crippen molar-refractivity contribution in [2.75, 3.05) is 0 Å². The van der Waals surface area contributed by atoms with Crippen LogP contribution in [0.15, 0.2) is 37.9 Å². The number of benzene rings is 1. The summed E-state index contributed by atoms with van der Waals surface area (Å²) in [6.45, 7) is 1.87. The van der Waals surface area contributed by atoms with E-state index in [2.05, 4.69) is 25.9 Å².